The Kier molecular flexibility index (Phi) is 5.84. The van der Waals surface area contributed by atoms with Crippen LogP contribution >= 0.6 is 0 Å². The van der Waals surface area contributed by atoms with Crippen molar-refractivity contribution in [1.29, 1.82) is 0 Å². The summed E-state index contributed by atoms with van der Waals surface area (Å²) in [5, 5.41) is 2.95. The van der Waals surface area contributed by atoms with Crippen LogP contribution in [-0.2, 0) is 22.4 Å². The Morgan fingerprint density at radius 3 is 2.47 bits per heavy atom. The molecular formula is C27H26N2O5. The molecule has 3 aromatic carbocycles. The van der Waals surface area contributed by atoms with Crippen molar-refractivity contribution in [1.82, 2.24) is 4.90 Å². The standard InChI is InChI=1S/C27H26N2O5/c1-29-19(16-33-27(29)31)13-17-7-10-20(11-8-17)34-24-12-9-18(15-25(24)32-2)14-22-21-5-3-4-6-23(21)28-26(22)30/h3-12,15,19,22H,13-14,16H2,1-2H3,(H,28,30). The summed E-state index contributed by atoms with van der Waals surface area (Å²) in [6.07, 6.45) is 1.02. The molecule has 0 saturated carbocycles. The Labute approximate surface area is 198 Å². The minimum atomic E-state index is -0.279. The minimum absolute atomic E-state index is 0.0142. The molecule has 34 heavy (non-hydrogen) atoms. The fourth-order valence-electron chi connectivity index (χ4n) is 4.46. The van der Waals surface area contributed by atoms with E-state index >= 15 is 0 Å². The number of carbonyl (C=O) groups is 2. The van der Waals surface area contributed by atoms with Crippen molar-refractivity contribution in [2.24, 2.45) is 0 Å². The molecule has 2 aliphatic heterocycles. The monoisotopic (exact) mass is 458 g/mol. The van der Waals surface area contributed by atoms with Gasteiger partial charge in [-0.3, -0.25) is 4.79 Å². The van der Waals surface area contributed by atoms with Crippen LogP contribution < -0.4 is 14.8 Å². The number of benzene rings is 3. The highest BCUT2D eigenvalue weighted by Gasteiger charge is 2.31. The summed E-state index contributed by atoms with van der Waals surface area (Å²) in [5.41, 5.74) is 3.99. The summed E-state index contributed by atoms with van der Waals surface area (Å²) in [6, 6.07) is 21.4. The maximum Gasteiger partial charge on any atom is 0.409 e. The van der Waals surface area contributed by atoms with E-state index in [1.165, 1.54) is 0 Å². The van der Waals surface area contributed by atoms with Gasteiger partial charge in [-0.2, -0.15) is 0 Å². The summed E-state index contributed by atoms with van der Waals surface area (Å²) in [7, 11) is 3.36. The van der Waals surface area contributed by atoms with Gasteiger partial charge in [0.05, 0.1) is 19.1 Å². The van der Waals surface area contributed by atoms with Crippen LogP contribution in [-0.4, -0.2) is 43.7 Å². The molecule has 0 spiro atoms. The molecule has 1 N–H and O–H groups in total. The SMILES string of the molecule is COc1cc(CC2C(=O)Nc3ccccc32)ccc1Oc1ccc(CC2COC(=O)N2C)cc1. The van der Waals surface area contributed by atoms with Crippen LogP contribution in [0, 0.1) is 0 Å². The molecule has 2 atom stereocenters. The molecule has 1 fully saturated rings. The van der Waals surface area contributed by atoms with E-state index in [4.69, 9.17) is 14.2 Å². The number of para-hydroxylation sites is 1. The van der Waals surface area contributed by atoms with Gasteiger partial charge in [-0.15, -0.1) is 0 Å². The van der Waals surface area contributed by atoms with Crippen LogP contribution in [0.5, 0.6) is 17.2 Å². The number of cyclic esters (lactones) is 1. The van der Waals surface area contributed by atoms with Crippen molar-refractivity contribution in [2.45, 2.75) is 24.8 Å². The number of rotatable bonds is 7. The maximum atomic E-state index is 12.5. The second kappa shape index (κ2) is 9.09. The normalized spacial score (nSPS) is 18.9. The van der Waals surface area contributed by atoms with Crippen molar-refractivity contribution < 1.29 is 23.8 Å². The second-order valence-corrected chi connectivity index (χ2v) is 8.61. The van der Waals surface area contributed by atoms with Crippen molar-refractivity contribution in [2.75, 3.05) is 26.1 Å². The van der Waals surface area contributed by atoms with E-state index in [1.54, 1.807) is 19.1 Å². The average Bonchev–Trinajstić information content (AvgIpc) is 3.34. The first-order chi connectivity index (χ1) is 16.5. The molecule has 0 bridgehead atoms. The zero-order valence-corrected chi connectivity index (χ0v) is 19.1. The van der Waals surface area contributed by atoms with Crippen LogP contribution in [0.1, 0.15) is 22.6 Å². The molecule has 2 aliphatic rings. The van der Waals surface area contributed by atoms with Gasteiger partial charge in [0, 0.05) is 12.7 Å². The molecule has 2 heterocycles. The van der Waals surface area contributed by atoms with Gasteiger partial charge in [0.2, 0.25) is 5.91 Å². The topological polar surface area (TPSA) is 77.1 Å². The lowest BCUT2D eigenvalue weighted by molar-refractivity contribution is -0.117. The van der Waals surface area contributed by atoms with E-state index in [2.05, 4.69) is 5.32 Å². The molecule has 174 valence electrons. The molecule has 0 aliphatic carbocycles. The highest BCUT2D eigenvalue weighted by molar-refractivity contribution is 6.03. The van der Waals surface area contributed by atoms with Crippen LogP contribution in [0.3, 0.4) is 0 Å². The molecule has 7 heteroatoms. The smallest absolute Gasteiger partial charge is 0.409 e. The minimum Gasteiger partial charge on any atom is -0.493 e. The van der Waals surface area contributed by atoms with E-state index in [-0.39, 0.29) is 24.0 Å². The summed E-state index contributed by atoms with van der Waals surface area (Å²) < 4.78 is 16.7. The fraction of sp³-hybridized carbons (Fsp3) is 0.259. The van der Waals surface area contributed by atoms with E-state index in [1.807, 2.05) is 66.7 Å². The van der Waals surface area contributed by atoms with Crippen molar-refractivity contribution in [3.05, 3.63) is 83.4 Å². The number of hydrogen-bond donors (Lipinski definition) is 1. The lowest BCUT2D eigenvalue weighted by atomic mass is 9.93. The molecular weight excluding hydrogens is 432 g/mol. The van der Waals surface area contributed by atoms with Gasteiger partial charge in [0.1, 0.15) is 12.4 Å². The number of anilines is 1. The zero-order valence-electron chi connectivity index (χ0n) is 19.1. The first-order valence-electron chi connectivity index (χ1n) is 11.2. The number of fused-ring (bicyclic) bond motifs is 1. The summed E-state index contributed by atoms with van der Waals surface area (Å²) in [4.78, 5) is 25.6. The van der Waals surface area contributed by atoms with Gasteiger partial charge in [0.15, 0.2) is 11.5 Å². The number of methoxy groups -OCH3 is 1. The first kappa shape index (κ1) is 21.8. The van der Waals surface area contributed by atoms with Gasteiger partial charge < -0.3 is 24.4 Å². The number of nitrogens with one attached hydrogen (secondary N) is 1. The first-order valence-corrected chi connectivity index (χ1v) is 11.2. The average molecular weight is 459 g/mol. The Morgan fingerprint density at radius 1 is 0.971 bits per heavy atom. The molecule has 7 nitrogen and oxygen atoms in total. The zero-order chi connectivity index (χ0) is 23.7. The molecule has 2 unspecified atom stereocenters. The number of likely N-dealkylation sites (N-methyl/N-ethyl adjacent to an activating group) is 1. The van der Waals surface area contributed by atoms with Gasteiger partial charge in [0.25, 0.3) is 0 Å². The van der Waals surface area contributed by atoms with Crippen LogP contribution in [0.4, 0.5) is 10.5 Å². The van der Waals surface area contributed by atoms with Gasteiger partial charge in [-0.25, -0.2) is 4.79 Å². The van der Waals surface area contributed by atoms with E-state index in [0.717, 1.165) is 28.8 Å². The highest BCUT2D eigenvalue weighted by atomic mass is 16.6. The van der Waals surface area contributed by atoms with Gasteiger partial charge in [-0.1, -0.05) is 36.4 Å². The number of ether oxygens (including phenoxy) is 3. The predicted octanol–water partition coefficient (Wildman–Crippen LogP) is 4.76. The molecule has 5 rings (SSSR count). The van der Waals surface area contributed by atoms with Gasteiger partial charge in [-0.05, 0) is 59.9 Å². The number of hydrogen-bond acceptors (Lipinski definition) is 5. The third-order valence-electron chi connectivity index (χ3n) is 6.44. The number of amides is 2. The van der Waals surface area contributed by atoms with Crippen LogP contribution in [0.25, 0.3) is 0 Å². The largest absolute Gasteiger partial charge is 0.493 e. The maximum absolute atomic E-state index is 12.5. The molecule has 2 amide bonds. The second-order valence-electron chi connectivity index (χ2n) is 8.61. The molecule has 0 radical (unpaired) electrons. The van der Waals surface area contributed by atoms with E-state index in [0.29, 0.717) is 30.3 Å². The van der Waals surface area contributed by atoms with Crippen molar-refractivity contribution in [3.8, 4) is 17.2 Å². The van der Waals surface area contributed by atoms with Crippen molar-refractivity contribution >= 4 is 17.7 Å². The van der Waals surface area contributed by atoms with Crippen LogP contribution in [0.2, 0.25) is 0 Å². The Bertz CT molecular complexity index is 1220. The van der Waals surface area contributed by atoms with E-state index < -0.39 is 0 Å². The van der Waals surface area contributed by atoms with Crippen molar-refractivity contribution in [3.63, 3.8) is 0 Å². The predicted molar refractivity (Wildman–Crippen MR) is 128 cm³/mol. The molecule has 3 aromatic rings. The Balaban J connectivity index is 1.27. The third-order valence-corrected chi connectivity index (χ3v) is 6.44. The Hall–Kier alpha value is -4.00. The highest BCUT2D eigenvalue weighted by Crippen LogP contribution is 2.37. The quantitative estimate of drug-likeness (QED) is 0.553. The van der Waals surface area contributed by atoms with Gasteiger partial charge >= 0.3 is 6.09 Å². The third kappa shape index (κ3) is 4.29. The number of carbonyl (C=O) groups excluding carboxylic acids is 2. The fourth-order valence-corrected chi connectivity index (χ4v) is 4.46. The lowest BCUT2D eigenvalue weighted by Crippen LogP contribution is -2.30. The Morgan fingerprint density at radius 2 is 1.74 bits per heavy atom. The van der Waals surface area contributed by atoms with Crippen LogP contribution in [0.15, 0.2) is 66.7 Å². The summed E-state index contributed by atoms with van der Waals surface area (Å²) in [5.74, 6) is 1.69. The molecule has 0 aromatic heterocycles. The van der Waals surface area contributed by atoms with E-state index in [9.17, 15) is 9.59 Å². The number of nitrogens with zero attached hydrogens (tertiary/aromatic N) is 1. The molecule has 1 saturated heterocycles. The lowest BCUT2D eigenvalue weighted by Gasteiger charge is -2.16. The summed E-state index contributed by atoms with van der Waals surface area (Å²) >= 11 is 0. The summed E-state index contributed by atoms with van der Waals surface area (Å²) in [6.45, 7) is 0.408.